The second-order valence-corrected chi connectivity index (χ2v) is 12.8. The minimum Gasteiger partial charge on any atom is -0.479 e. The highest BCUT2D eigenvalue weighted by atomic mass is 35.5. The van der Waals surface area contributed by atoms with Crippen LogP contribution in [0.3, 0.4) is 0 Å². The highest BCUT2D eigenvalue weighted by Crippen LogP contribution is 2.50. The number of carboxylic acid groups (broad SMARTS) is 1. The Morgan fingerprint density at radius 1 is 1.20 bits per heavy atom. The summed E-state index contributed by atoms with van der Waals surface area (Å²) in [6.07, 6.45) is -0.759. The standard InChI is InChI=1S/C26H29ClN2O5S/c1-14-12-19-21(16-6-8-17(27)9-7-16)20(24(25(30)31)34-26(3,4)5)15(2)22-23(19)28(14)13-18-10-11-35(32,33)29(18)22/h6-9,12,18,24H,10-11,13H2,1-5H3,(H,30,31)/t18-,24-/m0/s1. The second kappa shape index (κ2) is 7.98. The maximum absolute atomic E-state index is 13.2. The van der Waals surface area contributed by atoms with E-state index in [1.165, 1.54) is 4.31 Å². The van der Waals surface area contributed by atoms with Gasteiger partial charge < -0.3 is 14.4 Å². The average Bonchev–Trinajstić information content (AvgIpc) is 3.25. The van der Waals surface area contributed by atoms with Crippen LogP contribution in [0, 0.1) is 13.8 Å². The van der Waals surface area contributed by atoms with Crippen molar-refractivity contribution in [3.63, 3.8) is 0 Å². The molecule has 0 aliphatic carbocycles. The van der Waals surface area contributed by atoms with Gasteiger partial charge in [0.15, 0.2) is 6.10 Å². The van der Waals surface area contributed by atoms with Crippen molar-refractivity contribution in [2.45, 2.75) is 65.3 Å². The van der Waals surface area contributed by atoms with Crippen molar-refractivity contribution in [2.24, 2.45) is 0 Å². The molecule has 0 bridgehead atoms. The highest BCUT2D eigenvalue weighted by molar-refractivity contribution is 7.93. The van der Waals surface area contributed by atoms with Crippen LogP contribution in [0.5, 0.6) is 0 Å². The minimum atomic E-state index is -3.52. The molecule has 0 saturated carbocycles. The molecule has 0 radical (unpaired) electrons. The van der Waals surface area contributed by atoms with Crippen LogP contribution < -0.4 is 4.31 Å². The maximum atomic E-state index is 13.2. The number of ether oxygens (including phenoxy) is 1. The molecule has 1 saturated heterocycles. The lowest BCUT2D eigenvalue weighted by atomic mass is 9.87. The number of aryl methyl sites for hydroxylation is 1. The van der Waals surface area contributed by atoms with E-state index in [0.29, 0.717) is 34.8 Å². The van der Waals surface area contributed by atoms with Gasteiger partial charge in [0.05, 0.1) is 28.6 Å². The number of aromatic nitrogens is 1. The molecule has 1 N–H and O–H groups in total. The van der Waals surface area contributed by atoms with Crippen LogP contribution >= 0.6 is 11.6 Å². The van der Waals surface area contributed by atoms with E-state index >= 15 is 0 Å². The number of fused-ring (bicyclic) bond motifs is 2. The molecule has 7 nitrogen and oxygen atoms in total. The van der Waals surface area contributed by atoms with E-state index in [1.54, 1.807) is 12.1 Å². The number of carboxylic acids is 1. The fraction of sp³-hybridized carbons (Fsp3) is 0.423. The van der Waals surface area contributed by atoms with E-state index in [2.05, 4.69) is 4.57 Å². The number of anilines is 1. The summed E-state index contributed by atoms with van der Waals surface area (Å²) in [5.74, 6) is -1.05. The predicted octanol–water partition coefficient (Wildman–Crippen LogP) is 5.44. The minimum absolute atomic E-state index is 0.0810. The third-order valence-corrected chi connectivity index (χ3v) is 8.95. The molecule has 2 atom stereocenters. The Kier molecular flexibility index (Phi) is 5.51. The molecule has 0 unspecified atom stereocenters. The molecule has 2 aromatic carbocycles. The summed E-state index contributed by atoms with van der Waals surface area (Å²) in [6.45, 7) is 9.82. The molecule has 1 aromatic heterocycles. The third kappa shape index (κ3) is 3.82. The SMILES string of the molecule is Cc1c([C@H](OC(C)(C)C)C(=O)O)c(-c2ccc(Cl)cc2)c2cc(C)n3c2c1N1[C@@H](CCS1(=O)=O)C3. The molecule has 2 aliphatic heterocycles. The Morgan fingerprint density at radius 2 is 1.86 bits per heavy atom. The average molecular weight is 517 g/mol. The molecule has 3 heterocycles. The van der Waals surface area contributed by atoms with Gasteiger partial charge in [-0.25, -0.2) is 13.2 Å². The summed E-state index contributed by atoms with van der Waals surface area (Å²) in [7, 11) is -3.52. The molecule has 2 aliphatic rings. The molecule has 3 aromatic rings. The summed E-state index contributed by atoms with van der Waals surface area (Å²) in [4.78, 5) is 12.7. The highest BCUT2D eigenvalue weighted by Gasteiger charge is 2.45. The van der Waals surface area contributed by atoms with Crippen molar-refractivity contribution in [1.82, 2.24) is 4.57 Å². The van der Waals surface area contributed by atoms with Crippen LogP contribution in [0.15, 0.2) is 30.3 Å². The number of benzene rings is 2. The van der Waals surface area contributed by atoms with Crippen LogP contribution in [0.1, 0.15) is 50.1 Å². The lowest BCUT2D eigenvalue weighted by molar-refractivity contribution is -0.160. The largest absolute Gasteiger partial charge is 0.479 e. The summed E-state index contributed by atoms with van der Waals surface area (Å²) in [5.41, 5.74) is 4.24. The zero-order valence-corrected chi connectivity index (χ0v) is 22.0. The topological polar surface area (TPSA) is 88.8 Å². The fourth-order valence-corrected chi connectivity index (χ4v) is 7.55. The van der Waals surface area contributed by atoms with E-state index in [-0.39, 0.29) is 11.8 Å². The van der Waals surface area contributed by atoms with Gasteiger partial charge in [-0.1, -0.05) is 23.7 Å². The lowest BCUT2D eigenvalue weighted by Crippen LogP contribution is -2.40. The molecule has 5 rings (SSSR count). The molecule has 0 amide bonds. The summed E-state index contributed by atoms with van der Waals surface area (Å²) < 4.78 is 36.2. The number of hydrogen-bond acceptors (Lipinski definition) is 4. The van der Waals surface area contributed by atoms with Crippen LogP contribution in [-0.4, -0.2) is 41.5 Å². The van der Waals surface area contributed by atoms with Crippen molar-refractivity contribution in [1.29, 1.82) is 0 Å². The lowest BCUT2D eigenvalue weighted by Gasteiger charge is -2.36. The molecule has 9 heteroatoms. The third-order valence-electron chi connectivity index (χ3n) is 6.87. The Morgan fingerprint density at radius 3 is 2.46 bits per heavy atom. The van der Waals surface area contributed by atoms with Gasteiger partial charge in [0, 0.05) is 28.2 Å². The first kappa shape index (κ1) is 24.2. The zero-order valence-electron chi connectivity index (χ0n) is 20.4. The number of sulfonamides is 1. The molecule has 186 valence electrons. The Hall–Kier alpha value is -2.55. The van der Waals surface area contributed by atoms with E-state index in [4.69, 9.17) is 16.3 Å². The Balaban J connectivity index is 1.95. The van der Waals surface area contributed by atoms with Gasteiger partial charge in [-0.2, -0.15) is 0 Å². The van der Waals surface area contributed by atoms with Gasteiger partial charge in [-0.05, 0) is 75.9 Å². The number of halogens is 1. The number of carbonyl (C=O) groups is 1. The number of hydrogen-bond donors (Lipinski definition) is 1. The number of rotatable bonds is 4. The molecular formula is C26H29ClN2O5S. The first-order valence-electron chi connectivity index (χ1n) is 11.6. The number of aliphatic carboxylic acids is 1. The van der Waals surface area contributed by atoms with Crippen LogP contribution in [-0.2, 0) is 26.1 Å². The van der Waals surface area contributed by atoms with Gasteiger partial charge in [0.25, 0.3) is 0 Å². The monoisotopic (exact) mass is 516 g/mol. The van der Waals surface area contributed by atoms with Gasteiger partial charge in [0.1, 0.15) is 0 Å². The quantitative estimate of drug-likeness (QED) is 0.498. The fourth-order valence-electron chi connectivity index (χ4n) is 5.53. The van der Waals surface area contributed by atoms with Crippen molar-refractivity contribution in [3.8, 4) is 11.1 Å². The van der Waals surface area contributed by atoms with Crippen molar-refractivity contribution < 1.29 is 23.1 Å². The molecule has 35 heavy (non-hydrogen) atoms. The van der Waals surface area contributed by atoms with Crippen LogP contribution in [0.4, 0.5) is 5.69 Å². The van der Waals surface area contributed by atoms with Crippen molar-refractivity contribution >= 4 is 44.2 Å². The Bertz CT molecular complexity index is 1470. The van der Waals surface area contributed by atoms with Crippen molar-refractivity contribution in [2.75, 3.05) is 10.1 Å². The van der Waals surface area contributed by atoms with Crippen molar-refractivity contribution in [3.05, 3.63) is 52.2 Å². The molecule has 1 fully saturated rings. The normalized spacial score (nSPS) is 19.7. The smallest absolute Gasteiger partial charge is 0.337 e. The summed E-state index contributed by atoms with van der Waals surface area (Å²) in [6, 6.07) is 9.10. The van der Waals surface area contributed by atoms with Crippen LogP contribution in [0.2, 0.25) is 5.02 Å². The van der Waals surface area contributed by atoms with Gasteiger partial charge in [0.2, 0.25) is 10.0 Å². The van der Waals surface area contributed by atoms with E-state index in [9.17, 15) is 18.3 Å². The van der Waals surface area contributed by atoms with Crippen LogP contribution in [0.25, 0.3) is 22.0 Å². The Labute approximate surface area is 210 Å². The second-order valence-electron chi connectivity index (χ2n) is 10.4. The maximum Gasteiger partial charge on any atom is 0.337 e. The van der Waals surface area contributed by atoms with Gasteiger partial charge in [-0.15, -0.1) is 0 Å². The molecule has 0 spiro atoms. The zero-order chi connectivity index (χ0) is 25.4. The van der Waals surface area contributed by atoms with Gasteiger partial charge in [-0.3, -0.25) is 4.31 Å². The van der Waals surface area contributed by atoms with E-state index in [0.717, 1.165) is 27.7 Å². The van der Waals surface area contributed by atoms with E-state index in [1.807, 2.05) is 52.8 Å². The first-order chi connectivity index (χ1) is 16.3. The molecular weight excluding hydrogens is 488 g/mol. The number of nitrogens with zero attached hydrogens (tertiary/aromatic N) is 2. The van der Waals surface area contributed by atoms with Gasteiger partial charge >= 0.3 is 5.97 Å². The summed E-state index contributed by atoms with van der Waals surface area (Å²) >= 11 is 6.17. The van der Waals surface area contributed by atoms with E-state index < -0.39 is 27.7 Å². The predicted molar refractivity (Wildman–Crippen MR) is 138 cm³/mol. The summed E-state index contributed by atoms with van der Waals surface area (Å²) in [5, 5.41) is 11.7. The first-order valence-corrected chi connectivity index (χ1v) is 13.6.